The molecule has 0 spiro atoms. The average molecular weight is 194 g/mol. The van der Waals surface area contributed by atoms with Crippen LogP contribution in [0.15, 0.2) is 9.98 Å². The molecule has 0 bridgehead atoms. The summed E-state index contributed by atoms with van der Waals surface area (Å²) in [5, 5.41) is 0. The Kier molecular flexibility index (Phi) is 2.84. The molecule has 1 heterocycles. The lowest BCUT2D eigenvalue weighted by Gasteiger charge is -2.30. The molecule has 1 rings (SSSR count). The summed E-state index contributed by atoms with van der Waals surface area (Å²) in [5.41, 5.74) is 0.357. The molecule has 0 aliphatic carbocycles. The van der Waals surface area contributed by atoms with Crippen LogP contribution in [0, 0.1) is 16.7 Å². The summed E-state index contributed by atoms with van der Waals surface area (Å²) in [6, 6.07) is 0. The SMILES string of the molecule is CC(C)(C)C1=NCC(C(C)(C)C)C=N1. The predicted octanol–water partition coefficient (Wildman–Crippen LogP) is 3.18. The van der Waals surface area contributed by atoms with E-state index in [1.165, 1.54) is 0 Å². The topological polar surface area (TPSA) is 24.7 Å². The van der Waals surface area contributed by atoms with Crippen molar-refractivity contribution in [3.63, 3.8) is 0 Å². The maximum absolute atomic E-state index is 4.57. The van der Waals surface area contributed by atoms with Crippen molar-refractivity contribution in [3.8, 4) is 0 Å². The molecule has 0 saturated carbocycles. The number of rotatable bonds is 0. The third kappa shape index (κ3) is 2.66. The molecule has 0 aromatic heterocycles. The van der Waals surface area contributed by atoms with Crippen LogP contribution in [-0.4, -0.2) is 18.6 Å². The molecule has 80 valence electrons. The van der Waals surface area contributed by atoms with Crippen LogP contribution in [0.2, 0.25) is 0 Å². The van der Waals surface area contributed by atoms with Gasteiger partial charge in [0.25, 0.3) is 0 Å². The second kappa shape index (κ2) is 3.48. The molecule has 2 nitrogen and oxygen atoms in total. The zero-order valence-corrected chi connectivity index (χ0v) is 10.3. The fourth-order valence-corrected chi connectivity index (χ4v) is 1.36. The number of nitrogens with zero attached hydrogens (tertiary/aromatic N) is 2. The Balaban J connectivity index is 2.72. The Morgan fingerprint density at radius 3 is 2.00 bits per heavy atom. The lowest BCUT2D eigenvalue weighted by Crippen LogP contribution is -2.31. The Morgan fingerprint density at radius 2 is 1.71 bits per heavy atom. The number of amidine groups is 1. The van der Waals surface area contributed by atoms with Gasteiger partial charge in [-0.15, -0.1) is 0 Å². The molecule has 14 heavy (non-hydrogen) atoms. The van der Waals surface area contributed by atoms with Gasteiger partial charge in [0.2, 0.25) is 0 Å². The largest absolute Gasteiger partial charge is 0.269 e. The third-order valence-electron chi connectivity index (χ3n) is 2.60. The summed E-state index contributed by atoms with van der Waals surface area (Å²) < 4.78 is 0. The summed E-state index contributed by atoms with van der Waals surface area (Å²) in [4.78, 5) is 9.04. The van der Waals surface area contributed by atoms with Crippen LogP contribution in [0.1, 0.15) is 41.5 Å². The Bertz CT molecular complexity index is 261. The maximum atomic E-state index is 4.57. The fraction of sp³-hybridized carbons (Fsp3) is 0.833. The van der Waals surface area contributed by atoms with E-state index in [-0.39, 0.29) is 10.8 Å². The molecule has 2 heteroatoms. The molecule has 1 aliphatic rings. The molecule has 0 aromatic carbocycles. The van der Waals surface area contributed by atoms with Crippen molar-refractivity contribution in [2.75, 3.05) is 6.54 Å². The number of hydrogen-bond donors (Lipinski definition) is 0. The van der Waals surface area contributed by atoms with Gasteiger partial charge in [0.15, 0.2) is 0 Å². The summed E-state index contributed by atoms with van der Waals surface area (Å²) in [7, 11) is 0. The van der Waals surface area contributed by atoms with E-state index in [9.17, 15) is 0 Å². The van der Waals surface area contributed by atoms with Gasteiger partial charge in [-0.3, -0.25) is 4.99 Å². The highest BCUT2D eigenvalue weighted by Gasteiger charge is 2.27. The summed E-state index contributed by atoms with van der Waals surface area (Å²) in [6.07, 6.45) is 2.08. The zero-order valence-electron chi connectivity index (χ0n) is 10.3. The van der Waals surface area contributed by atoms with Crippen molar-refractivity contribution in [2.24, 2.45) is 26.7 Å². The Morgan fingerprint density at radius 1 is 1.14 bits per heavy atom. The van der Waals surface area contributed by atoms with Crippen LogP contribution in [0.5, 0.6) is 0 Å². The van der Waals surface area contributed by atoms with Gasteiger partial charge in [-0.1, -0.05) is 41.5 Å². The summed E-state index contributed by atoms with van der Waals surface area (Å²) in [5.74, 6) is 1.46. The van der Waals surface area contributed by atoms with Gasteiger partial charge in [0.1, 0.15) is 5.84 Å². The van der Waals surface area contributed by atoms with Crippen molar-refractivity contribution in [2.45, 2.75) is 41.5 Å². The molecular formula is C12H22N2. The first-order valence-electron chi connectivity index (χ1n) is 5.30. The molecule has 1 atom stereocenters. The first-order valence-corrected chi connectivity index (χ1v) is 5.30. The first kappa shape index (κ1) is 11.4. The van der Waals surface area contributed by atoms with Gasteiger partial charge in [0, 0.05) is 24.1 Å². The molecule has 0 aromatic rings. The van der Waals surface area contributed by atoms with E-state index in [1.54, 1.807) is 0 Å². The highest BCUT2D eigenvalue weighted by Crippen LogP contribution is 2.28. The highest BCUT2D eigenvalue weighted by atomic mass is 15.0. The lowest BCUT2D eigenvalue weighted by molar-refractivity contribution is 0.321. The molecule has 0 N–H and O–H groups in total. The van der Waals surface area contributed by atoms with Crippen molar-refractivity contribution < 1.29 is 0 Å². The van der Waals surface area contributed by atoms with Crippen LogP contribution in [0.25, 0.3) is 0 Å². The molecule has 1 aliphatic heterocycles. The van der Waals surface area contributed by atoms with Crippen molar-refractivity contribution in [1.82, 2.24) is 0 Å². The van der Waals surface area contributed by atoms with E-state index < -0.39 is 0 Å². The van der Waals surface area contributed by atoms with E-state index in [2.05, 4.69) is 57.7 Å². The number of hydrogen-bond acceptors (Lipinski definition) is 2. The average Bonchev–Trinajstić information content (AvgIpc) is 2.01. The monoisotopic (exact) mass is 194 g/mol. The minimum absolute atomic E-state index is 0.0827. The maximum Gasteiger partial charge on any atom is 0.128 e. The van der Waals surface area contributed by atoms with Crippen LogP contribution in [0.4, 0.5) is 0 Å². The quantitative estimate of drug-likeness (QED) is 0.566. The molecule has 0 amide bonds. The van der Waals surface area contributed by atoms with Gasteiger partial charge >= 0.3 is 0 Å². The Hall–Kier alpha value is -0.660. The van der Waals surface area contributed by atoms with Gasteiger partial charge in [-0.25, -0.2) is 4.99 Å². The number of aliphatic imine (C=N–C) groups is 2. The smallest absolute Gasteiger partial charge is 0.128 e. The minimum atomic E-state index is 0.0827. The van der Waals surface area contributed by atoms with Crippen molar-refractivity contribution in [3.05, 3.63) is 0 Å². The third-order valence-corrected chi connectivity index (χ3v) is 2.60. The van der Waals surface area contributed by atoms with Crippen LogP contribution >= 0.6 is 0 Å². The lowest BCUT2D eigenvalue weighted by atomic mass is 9.80. The van der Waals surface area contributed by atoms with E-state index in [1.807, 2.05) is 0 Å². The molecule has 1 unspecified atom stereocenters. The molecular weight excluding hydrogens is 172 g/mol. The zero-order chi connectivity index (χ0) is 11.0. The summed E-state index contributed by atoms with van der Waals surface area (Å²) in [6.45, 7) is 14.1. The van der Waals surface area contributed by atoms with E-state index >= 15 is 0 Å². The second-order valence-corrected chi connectivity index (χ2v) is 6.16. The Labute approximate surface area is 87.5 Å². The summed E-state index contributed by atoms with van der Waals surface area (Å²) >= 11 is 0. The van der Waals surface area contributed by atoms with Gasteiger partial charge in [-0.05, 0) is 5.41 Å². The first-order chi connectivity index (χ1) is 6.21. The predicted molar refractivity (Wildman–Crippen MR) is 63.2 cm³/mol. The normalized spacial score (nSPS) is 23.6. The van der Waals surface area contributed by atoms with Crippen LogP contribution in [0.3, 0.4) is 0 Å². The van der Waals surface area contributed by atoms with Crippen LogP contribution < -0.4 is 0 Å². The second-order valence-electron chi connectivity index (χ2n) is 6.16. The van der Waals surface area contributed by atoms with E-state index in [4.69, 9.17) is 0 Å². The standard InChI is InChI=1S/C12H22N2/c1-11(2,3)9-7-13-10(14-8-9)12(4,5)6/h7,9H,8H2,1-6H3. The fourth-order valence-electron chi connectivity index (χ4n) is 1.36. The van der Waals surface area contributed by atoms with E-state index in [0.29, 0.717) is 5.92 Å². The molecule has 0 fully saturated rings. The molecule has 0 radical (unpaired) electrons. The highest BCUT2D eigenvalue weighted by molar-refractivity contribution is 5.95. The van der Waals surface area contributed by atoms with Crippen LogP contribution in [-0.2, 0) is 0 Å². The molecule has 0 saturated heterocycles. The minimum Gasteiger partial charge on any atom is -0.269 e. The van der Waals surface area contributed by atoms with Gasteiger partial charge in [-0.2, -0.15) is 0 Å². The van der Waals surface area contributed by atoms with Crippen molar-refractivity contribution >= 4 is 12.1 Å². The van der Waals surface area contributed by atoms with Gasteiger partial charge < -0.3 is 0 Å². The van der Waals surface area contributed by atoms with E-state index in [0.717, 1.165) is 12.4 Å². The van der Waals surface area contributed by atoms with Gasteiger partial charge in [0.05, 0.1) is 0 Å². The van der Waals surface area contributed by atoms with Crippen molar-refractivity contribution in [1.29, 1.82) is 0 Å².